The minimum absolute atomic E-state index is 0.0396. The van der Waals surface area contributed by atoms with Crippen molar-refractivity contribution in [2.24, 2.45) is 0 Å². The molecule has 2 aromatic rings. The monoisotopic (exact) mass is 280 g/mol. The molecule has 0 fully saturated rings. The van der Waals surface area contributed by atoms with Crippen molar-refractivity contribution in [2.75, 3.05) is 5.32 Å². The Morgan fingerprint density at radius 2 is 2.00 bits per heavy atom. The molecule has 2 aromatic carbocycles. The van der Waals surface area contributed by atoms with Crippen molar-refractivity contribution in [3.05, 3.63) is 65.2 Å². The highest BCUT2D eigenvalue weighted by atomic mass is 16.2. The zero-order valence-electron chi connectivity index (χ0n) is 12.2. The smallest absolute Gasteiger partial charge is 0.241 e. The van der Waals surface area contributed by atoms with E-state index in [9.17, 15) is 4.79 Å². The zero-order valence-corrected chi connectivity index (χ0v) is 12.2. The Kier molecular flexibility index (Phi) is 4.02. The molecule has 0 saturated carbocycles. The third-order valence-electron chi connectivity index (χ3n) is 4.00. The molecule has 1 aliphatic heterocycles. The van der Waals surface area contributed by atoms with Crippen LogP contribution in [0.2, 0.25) is 0 Å². The Hall–Kier alpha value is -2.13. The Bertz CT molecular complexity index is 651. The van der Waals surface area contributed by atoms with E-state index in [0.717, 1.165) is 25.1 Å². The van der Waals surface area contributed by atoms with E-state index in [1.807, 2.05) is 30.3 Å². The van der Waals surface area contributed by atoms with Crippen molar-refractivity contribution in [1.82, 2.24) is 5.32 Å². The molecule has 1 amide bonds. The highest BCUT2D eigenvalue weighted by Crippen LogP contribution is 2.18. The first-order valence-corrected chi connectivity index (χ1v) is 7.46. The van der Waals surface area contributed by atoms with Crippen molar-refractivity contribution >= 4 is 11.6 Å². The molecule has 108 valence electrons. The number of carbonyl (C=O) groups is 1. The summed E-state index contributed by atoms with van der Waals surface area (Å²) in [5.74, 6) is 0.0396. The average molecular weight is 280 g/mol. The fraction of sp³-hybridized carbons (Fsp3) is 0.278. The van der Waals surface area contributed by atoms with Crippen LogP contribution in [0.3, 0.4) is 0 Å². The molecular formula is C18H20N2O. The van der Waals surface area contributed by atoms with Gasteiger partial charge in [0.2, 0.25) is 5.91 Å². The predicted molar refractivity (Wildman–Crippen MR) is 85.2 cm³/mol. The van der Waals surface area contributed by atoms with Gasteiger partial charge < -0.3 is 10.6 Å². The summed E-state index contributed by atoms with van der Waals surface area (Å²) in [6.45, 7) is 2.86. The van der Waals surface area contributed by atoms with Crippen molar-refractivity contribution < 1.29 is 4.79 Å². The number of benzene rings is 2. The van der Waals surface area contributed by atoms with Gasteiger partial charge in [-0.05, 0) is 41.7 Å². The lowest BCUT2D eigenvalue weighted by molar-refractivity contribution is -0.118. The van der Waals surface area contributed by atoms with Gasteiger partial charge in [0.15, 0.2) is 0 Å². The highest BCUT2D eigenvalue weighted by Gasteiger charge is 2.23. The van der Waals surface area contributed by atoms with Crippen molar-refractivity contribution in [2.45, 2.75) is 32.4 Å². The van der Waals surface area contributed by atoms with E-state index < -0.39 is 0 Å². The molecule has 0 bridgehead atoms. The molecule has 0 spiro atoms. The predicted octanol–water partition coefficient (Wildman–Crippen LogP) is 2.90. The number of hydrogen-bond donors (Lipinski definition) is 2. The molecule has 3 nitrogen and oxygen atoms in total. The number of fused-ring (bicyclic) bond motifs is 1. The fourth-order valence-corrected chi connectivity index (χ4v) is 2.74. The molecule has 0 radical (unpaired) electrons. The van der Waals surface area contributed by atoms with Gasteiger partial charge in [-0.1, -0.05) is 43.3 Å². The first kappa shape index (κ1) is 13.8. The molecule has 3 rings (SSSR count). The lowest BCUT2D eigenvalue weighted by atomic mass is 9.95. The summed E-state index contributed by atoms with van der Waals surface area (Å²) in [4.78, 5) is 12.4. The molecule has 1 heterocycles. The van der Waals surface area contributed by atoms with Gasteiger partial charge in [-0.25, -0.2) is 0 Å². The molecule has 0 unspecified atom stereocenters. The van der Waals surface area contributed by atoms with Gasteiger partial charge in [-0.2, -0.15) is 0 Å². The first-order valence-electron chi connectivity index (χ1n) is 7.46. The Morgan fingerprint density at radius 1 is 1.19 bits per heavy atom. The van der Waals surface area contributed by atoms with Crippen LogP contribution in [-0.4, -0.2) is 11.9 Å². The lowest BCUT2D eigenvalue weighted by Crippen LogP contribution is -2.44. The largest absolute Gasteiger partial charge is 0.325 e. The molecule has 21 heavy (non-hydrogen) atoms. The van der Waals surface area contributed by atoms with Crippen molar-refractivity contribution in [3.8, 4) is 0 Å². The Balaban J connectivity index is 1.69. The quantitative estimate of drug-likeness (QED) is 0.907. The number of rotatable bonds is 3. The second-order valence-electron chi connectivity index (χ2n) is 5.45. The fourth-order valence-electron chi connectivity index (χ4n) is 2.74. The van der Waals surface area contributed by atoms with Crippen LogP contribution in [0, 0.1) is 0 Å². The molecule has 0 aliphatic carbocycles. The van der Waals surface area contributed by atoms with Crippen LogP contribution in [0.25, 0.3) is 0 Å². The number of anilines is 1. The van der Waals surface area contributed by atoms with E-state index in [2.05, 4.69) is 35.8 Å². The summed E-state index contributed by atoms with van der Waals surface area (Å²) in [6.07, 6.45) is 1.72. The van der Waals surface area contributed by atoms with Crippen LogP contribution in [0.5, 0.6) is 0 Å². The van der Waals surface area contributed by atoms with Gasteiger partial charge in [0.1, 0.15) is 0 Å². The third-order valence-corrected chi connectivity index (χ3v) is 4.00. The van der Waals surface area contributed by atoms with Gasteiger partial charge in [0.25, 0.3) is 0 Å². The standard InChI is InChI=1S/C18H20N2O/c1-2-13-6-5-9-16(10-13)20-18(21)17-11-14-7-3-4-8-15(14)12-19-17/h3-10,17,19H,2,11-12H2,1H3,(H,20,21)/t17-/m0/s1. The molecule has 1 atom stereocenters. The summed E-state index contributed by atoms with van der Waals surface area (Å²) < 4.78 is 0. The molecule has 1 aliphatic rings. The maximum atomic E-state index is 12.4. The SMILES string of the molecule is CCc1cccc(NC(=O)[C@@H]2Cc3ccccc3CN2)c1. The Morgan fingerprint density at radius 3 is 2.81 bits per heavy atom. The minimum Gasteiger partial charge on any atom is -0.325 e. The first-order chi connectivity index (χ1) is 10.3. The maximum absolute atomic E-state index is 12.4. The normalized spacial score (nSPS) is 17.1. The number of carbonyl (C=O) groups excluding carboxylic acids is 1. The van der Waals surface area contributed by atoms with Crippen LogP contribution < -0.4 is 10.6 Å². The van der Waals surface area contributed by atoms with Crippen LogP contribution in [-0.2, 0) is 24.2 Å². The molecule has 2 N–H and O–H groups in total. The summed E-state index contributed by atoms with van der Waals surface area (Å²) >= 11 is 0. The van der Waals surface area contributed by atoms with E-state index in [0.29, 0.717) is 0 Å². The highest BCUT2D eigenvalue weighted by molar-refractivity contribution is 5.95. The number of nitrogens with one attached hydrogen (secondary N) is 2. The summed E-state index contributed by atoms with van der Waals surface area (Å²) in [6, 6.07) is 16.2. The van der Waals surface area contributed by atoms with Crippen LogP contribution in [0.15, 0.2) is 48.5 Å². The zero-order chi connectivity index (χ0) is 14.7. The summed E-state index contributed by atoms with van der Waals surface area (Å²) in [7, 11) is 0. The van der Waals surface area contributed by atoms with Gasteiger partial charge in [0.05, 0.1) is 6.04 Å². The van der Waals surface area contributed by atoms with Crippen LogP contribution in [0.4, 0.5) is 5.69 Å². The van der Waals surface area contributed by atoms with E-state index >= 15 is 0 Å². The van der Waals surface area contributed by atoms with Crippen molar-refractivity contribution in [1.29, 1.82) is 0 Å². The molecule has 3 heteroatoms. The van der Waals surface area contributed by atoms with E-state index in [-0.39, 0.29) is 11.9 Å². The van der Waals surface area contributed by atoms with E-state index in [1.165, 1.54) is 16.7 Å². The molecule has 0 aromatic heterocycles. The number of amides is 1. The van der Waals surface area contributed by atoms with Crippen molar-refractivity contribution in [3.63, 3.8) is 0 Å². The average Bonchev–Trinajstić information content (AvgIpc) is 2.54. The number of hydrogen-bond acceptors (Lipinski definition) is 2. The topological polar surface area (TPSA) is 41.1 Å². The lowest BCUT2D eigenvalue weighted by Gasteiger charge is -2.25. The maximum Gasteiger partial charge on any atom is 0.241 e. The number of aryl methyl sites for hydroxylation is 1. The van der Waals surface area contributed by atoms with Crippen LogP contribution >= 0.6 is 0 Å². The second-order valence-corrected chi connectivity index (χ2v) is 5.45. The van der Waals surface area contributed by atoms with Gasteiger partial charge in [0, 0.05) is 12.2 Å². The Labute approximate surface area is 125 Å². The van der Waals surface area contributed by atoms with E-state index in [4.69, 9.17) is 0 Å². The van der Waals surface area contributed by atoms with Gasteiger partial charge in [-0.15, -0.1) is 0 Å². The molecule has 0 saturated heterocycles. The van der Waals surface area contributed by atoms with Gasteiger partial charge >= 0.3 is 0 Å². The molecular weight excluding hydrogens is 260 g/mol. The summed E-state index contributed by atoms with van der Waals surface area (Å²) in [5, 5.41) is 6.33. The van der Waals surface area contributed by atoms with Crippen LogP contribution in [0.1, 0.15) is 23.6 Å². The second kappa shape index (κ2) is 6.10. The van der Waals surface area contributed by atoms with Gasteiger partial charge in [-0.3, -0.25) is 4.79 Å². The third kappa shape index (κ3) is 3.14. The van der Waals surface area contributed by atoms with E-state index in [1.54, 1.807) is 0 Å². The minimum atomic E-state index is -0.162. The summed E-state index contributed by atoms with van der Waals surface area (Å²) in [5.41, 5.74) is 4.66.